The van der Waals surface area contributed by atoms with Crippen LogP contribution in [-0.4, -0.2) is 4.98 Å². The average molecular weight is 226 g/mol. The summed E-state index contributed by atoms with van der Waals surface area (Å²) in [6.07, 6.45) is 1.51. The molecule has 0 aliphatic heterocycles. The topological polar surface area (TPSA) is 50.9 Å². The molecule has 1 aromatic rings. The number of halogens is 3. The molecule has 0 spiro atoms. The average Bonchev–Trinajstić information content (AvgIpc) is 2.03. The highest BCUT2D eigenvalue weighted by Crippen LogP contribution is 2.37. The van der Waals surface area contributed by atoms with E-state index in [9.17, 15) is 0 Å². The molecule has 1 heterocycles. The highest BCUT2D eigenvalue weighted by atomic mass is 35.6. The molecule has 0 saturated carbocycles. The molecule has 12 heavy (non-hydrogen) atoms. The molecule has 0 atom stereocenters. The van der Waals surface area contributed by atoms with Crippen LogP contribution in [0.15, 0.2) is 18.3 Å². The Morgan fingerprint density at radius 1 is 1.42 bits per heavy atom. The molecule has 0 fully saturated rings. The molecule has 0 amide bonds. The summed E-state index contributed by atoms with van der Waals surface area (Å²) in [4.78, 5) is 3.87. The van der Waals surface area contributed by atoms with Gasteiger partial charge in [0, 0.05) is 6.20 Å². The molecule has 0 aliphatic carbocycles. The molecule has 1 rings (SSSR count). The van der Waals surface area contributed by atoms with Crippen LogP contribution in [0.4, 0.5) is 5.69 Å². The summed E-state index contributed by atoms with van der Waals surface area (Å²) in [6, 6.07) is 3.23. The van der Waals surface area contributed by atoms with E-state index in [4.69, 9.17) is 40.6 Å². The molecule has 0 bridgehead atoms. The smallest absolute Gasteiger partial charge is 0.232 e. The first-order chi connectivity index (χ1) is 5.54. The van der Waals surface area contributed by atoms with Gasteiger partial charge in [0.1, 0.15) is 0 Å². The van der Waals surface area contributed by atoms with E-state index in [1.54, 1.807) is 12.1 Å². The SMILES string of the molecule is NNc1ccnc(C(Cl)(Cl)Cl)c1. The van der Waals surface area contributed by atoms with Crippen LogP contribution in [-0.2, 0) is 3.79 Å². The zero-order chi connectivity index (χ0) is 9.19. The number of nitrogens with one attached hydrogen (secondary N) is 1. The maximum atomic E-state index is 5.59. The normalized spacial score (nSPS) is 11.3. The highest BCUT2D eigenvalue weighted by molar-refractivity contribution is 6.66. The molecule has 3 N–H and O–H groups in total. The van der Waals surface area contributed by atoms with Gasteiger partial charge in [-0.3, -0.25) is 10.8 Å². The van der Waals surface area contributed by atoms with Gasteiger partial charge in [0.25, 0.3) is 0 Å². The van der Waals surface area contributed by atoms with Crippen LogP contribution in [0.1, 0.15) is 5.69 Å². The number of aromatic nitrogens is 1. The van der Waals surface area contributed by atoms with Crippen molar-refractivity contribution in [3.63, 3.8) is 0 Å². The standard InChI is InChI=1S/C6H6Cl3N3/c7-6(8,9)5-3-4(12-10)1-2-11-5/h1-3H,10H2,(H,11,12). The zero-order valence-corrected chi connectivity index (χ0v) is 8.16. The van der Waals surface area contributed by atoms with E-state index in [2.05, 4.69) is 10.4 Å². The number of hydrogen-bond acceptors (Lipinski definition) is 3. The predicted octanol–water partition coefficient (Wildman–Crippen LogP) is 2.19. The number of hydrogen-bond donors (Lipinski definition) is 2. The van der Waals surface area contributed by atoms with Crippen molar-refractivity contribution in [1.29, 1.82) is 0 Å². The van der Waals surface area contributed by atoms with E-state index in [-0.39, 0.29) is 0 Å². The molecule has 66 valence electrons. The van der Waals surface area contributed by atoms with Gasteiger partial charge in [0.2, 0.25) is 3.79 Å². The van der Waals surface area contributed by atoms with Gasteiger partial charge in [0.05, 0.1) is 11.4 Å². The van der Waals surface area contributed by atoms with Crippen molar-refractivity contribution >= 4 is 40.5 Å². The number of nitrogens with two attached hydrogens (primary N) is 1. The highest BCUT2D eigenvalue weighted by Gasteiger charge is 2.24. The molecule has 0 aliphatic rings. The van der Waals surface area contributed by atoms with Crippen molar-refractivity contribution in [3.05, 3.63) is 24.0 Å². The number of alkyl halides is 3. The number of hydrazine groups is 1. The van der Waals surface area contributed by atoms with E-state index in [0.717, 1.165) is 0 Å². The minimum absolute atomic E-state index is 0.336. The van der Waals surface area contributed by atoms with Crippen molar-refractivity contribution in [1.82, 2.24) is 4.98 Å². The van der Waals surface area contributed by atoms with E-state index < -0.39 is 3.79 Å². The molecular formula is C6H6Cl3N3. The van der Waals surface area contributed by atoms with Crippen LogP contribution < -0.4 is 11.3 Å². The van der Waals surface area contributed by atoms with Gasteiger partial charge in [-0.1, -0.05) is 34.8 Å². The van der Waals surface area contributed by atoms with E-state index in [1.165, 1.54) is 6.20 Å². The first-order valence-electron chi connectivity index (χ1n) is 3.04. The van der Waals surface area contributed by atoms with E-state index in [1.807, 2.05) is 0 Å². The Morgan fingerprint density at radius 3 is 2.58 bits per heavy atom. The van der Waals surface area contributed by atoms with Crippen LogP contribution >= 0.6 is 34.8 Å². The molecule has 0 radical (unpaired) electrons. The lowest BCUT2D eigenvalue weighted by Crippen LogP contribution is -2.09. The molecule has 0 saturated heterocycles. The van der Waals surface area contributed by atoms with Crippen molar-refractivity contribution in [3.8, 4) is 0 Å². The van der Waals surface area contributed by atoms with Crippen LogP contribution in [0.25, 0.3) is 0 Å². The summed E-state index contributed by atoms with van der Waals surface area (Å²) in [6.45, 7) is 0. The quantitative estimate of drug-likeness (QED) is 0.438. The number of nitrogens with zero attached hydrogens (tertiary/aromatic N) is 1. The van der Waals surface area contributed by atoms with Crippen molar-refractivity contribution in [2.24, 2.45) is 5.84 Å². The Labute approximate surface area is 84.8 Å². The predicted molar refractivity (Wildman–Crippen MR) is 51.3 cm³/mol. The van der Waals surface area contributed by atoms with Gasteiger partial charge in [-0.2, -0.15) is 0 Å². The van der Waals surface area contributed by atoms with Gasteiger partial charge < -0.3 is 5.43 Å². The van der Waals surface area contributed by atoms with E-state index in [0.29, 0.717) is 11.4 Å². The number of nitrogen functional groups attached to an aromatic ring is 1. The summed E-state index contributed by atoms with van der Waals surface area (Å²) in [5.74, 6) is 5.15. The Bertz CT molecular complexity index is 271. The lowest BCUT2D eigenvalue weighted by molar-refractivity contribution is 1.08. The van der Waals surface area contributed by atoms with Crippen LogP contribution in [0, 0.1) is 0 Å². The van der Waals surface area contributed by atoms with Gasteiger partial charge in [-0.15, -0.1) is 0 Å². The second-order valence-electron chi connectivity index (χ2n) is 2.07. The third-order valence-electron chi connectivity index (χ3n) is 1.22. The number of rotatable bonds is 1. The second-order valence-corrected chi connectivity index (χ2v) is 4.35. The van der Waals surface area contributed by atoms with Gasteiger partial charge in [-0.25, -0.2) is 0 Å². The number of anilines is 1. The lowest BCUT2D eigenvalue weighted by Gasteiger charge is -2.10. The van der Waals surface area contributed by atoms with E-state index >= 15 is 0 Å². The van der Waals surface area contributed by atoms with Crippen molar-refractivity contribution in [2.45, 2.75) is 3.79 Å². The minimum Gasteiger partial charge on any atom is -0.324 e. The van der Waals surface area contributed by atoms with Crippen LogP contribution in [0.5, 0.6) is 0 Å². The third kappa shape index (κ3) is 2.38. The largest absolute Gasteiger partial charge is 0.324 e. The molecule has 1 aromatic heterocycles. The first kappa shape index (κ1) is 9.86. The summed E-state index contributed by atoms with van der Waals surface area (Å²) in [5, 5.41) is 0. The Morgan fingerprint density at radius 2 is 2.08 bits per heavy atom. The monoisotopic (exact) mass is 225 g/mol. The maximum Gasteiger partial charge on any atom is 0.232 e. The molecular weight excluding hydrogens is 220 g/mol. The minimum atomic E-state index is -1.51. The fourth-order valence-electron chi connectivity index (χ4n) is 0.675. The van der Waals surface area contributed by atoms with Crippen molar-refractivity contribution < 1.29 is 0 Å². The Balaban J connectivity index is 3.02. The summed E-state index contributed by atoms with van der Waals surface area (Å²) in [5.41, 5.74) is 3.40. The fraction of sp³-hybridized carbons (Fsp3) is 0.167. The third-order valence-corrected chi connectivity index (χ3v) is 1.80. The van der Waals surface area contributed by atoms with Crippen LogP contribution in [0.3, 0.4) is 0 Å². The van der Waals surface area contributed by atoms with Crippen molar-refractivity contribution in [2.75, 3.05) is 5.43 Å². The molecule has 3 nitrogen and oxygen atoms in total. The lowest BCUT2D eigenvalue weighted by atomic mass is 10.3. The summed E-state index contributed by atoms with van der Waals surface area (Å²) in [7, 11) is 0. The van der Waals surface area contributed by atoms with Gasteiger partial charge >= 0.3 is 0 Å². The molecule has 0 aromatic carbocycles. The second kappa shape index (κ2) is 3.66. The summed E-state index contributed by atoms with van der Waals surface area (Å²) >= 11 is 16.8. The molecule has 0 unspecified atom stereocenters. The zero-order valence-electron chi connectivity index (χ0n) is 5.89. The Kier molecular flexibility index (Phi) is 3.01. The van der Waals surface area contributed by atoms with Gasteiger partial charge in [-0.05, 0) is 12.1 Å². The first-order valence-corrected chi connectivity index (χ1v) is 4.17. The Hall–Kier alpha value is -0.220. The maximum absolute atomic E-state index is 5.59. The number of pyridine rings is 1. The van der Waals surface area contributed by atoms with Crippen LogP contribution in [0.2, 0.25) is 0 Å². The van der Waals surface area contributed by atoms with Gasteiger partial charge in [0.15, 0.2) is 0 Å². The summed E-state index contributed by atoms with van der Waals surface area (Å²) < 4.78 is -1.51. The fourth-order valence-corrected chi connectivity index (χ4v) is 0.985. The molecule has 6 heteroatoms.